The van der Waals surface area contributed by atoms with Gasteiger partial charge in [0.15, 0.2) is 0 Å². The first kappa shape index (κ1) is 12.8. The molecule has 1 heterocycles. The molecule has 0 amide bonds. The lowest BCUT2D eigenvalue weighted by atomic mass is 9.97. The lowest BCUT2D eigenvalue weighted by molar-refractivity contribution is 0.180. The standard InChI is InChI=1S/C13H18ClFN2/c14-13-11(2-1-3-12(13)15)9-17-6-4-10(8-16)5-7-17/h1-3,10H,4-9,16H2. The Bertz CT molecular complexity index is 376. The average Bonchev–Trinajstić information content (AvgIpc) is 2.36. The predicted octanol–water partition coefficient (Wildman–Crippen LogP) is 2.65. The molecule has 1 aliphatic heterocycles. The molecular formula is C13H18ClFN2. The quantitative estimate of drug-likeness (QED) is 0.901. The van der Waals surface area contributed by atoms with Crippen LogP contribution < -0.4 is 5.73 Å². The topological polar surface area (TPSA) is 29.3 Å². The van der Waals surface area contributed by atoms with Crippen molar-refractivity contribution in [3.05, 3.63) is 34.6 Å². The van der Waals surface area contributed by atoms with E-state index in [1.54, 1.807) is 6.07 Å². The van der Waals surface area contributed by atoms with Crippen LogP contribution in [0.2, 0.25) is 5.02 Å². The highest BCUT2D eigenvalue weighted by atomic mass is 35.5. The minimum absolute atomic E-state index is 0.258. The summed E-state index contributed by atoms with van der Waals surface area (Å²) in [6.07, 6.45) is 2.26. The van der Waals surface area contributed by atoms with Crippen molar-refractivity contribution in [2.45, 2.75) is 19.4 Å². The highest BCUT2D eigenvalue weighted by molar-refractivity contribution is 6.31. The Balaban J connectivity index is 1.95. The largest absolute Gasteiger partial charge is 0.330 e. The van der Waals surface area contributed by atoms with Gasteiger partial charge in [-0.1, -0.05) is 23.7 Å². The molecule has 0 spiro atoms. The van der Waals surface area contributed by atoms with Crippen molar-refractivity contribution in [1.82, 2.24) is 4.90 Å². The molecule has 1 aliphatic rings. The molecule has 2 N–H and O–H groups in total. The zero-order valence-corrected chi connectivity index (χ0v) is 10.6. The summed E-state index contributed by atoms with van der Waals surface area (Å²) >= 11 is 5.95. The molecular weight excluding hydrogens is 239 g/mol. The maximum absolute atomic E-state index is 13.3. The number of nitrogens with zero attached hydrogens (tertiary/aromatic N) is 1. The van der Waals surface area contributed by atoms with Crippen LogP contribution in [0.3, 0.4) is 0 Å². The van der Waals surface area contributed by atoms with Gasteiger partial charge in [-0.25, -0.2) is 4.39 Å². The molecule has 0 aromatic heterocycles. The maximum Gasteiger partial charge on any atom is 0.142 e. The number of hydrogen-bond acceptors (Lipinski definition) is 2. The Hall–Kier alpha value is -0.640. The molecule has 0 radical (unpaired) electrons. The molecule has 0 atom stereocenters. The molecule has 0 saturated carbocycles. The third-order valence-corrected chi connectivity index (χ3v) is 3.89. The molecule has 2 nitrogen and oxygen atoms in total. The molecule has 2 rings (SSSR count). The second-order valence-corrected chi connectivity index (χ2v) is 5.05. The molecule has 94 valence electrons. The number of benzene rings is 1. The van der Waals surface area contributed by atoms with Gasteiger partial charge in [0.2, 0.25) is 0 Å². The van der Waals surface area contributed by atoms with Crippen molar-refractivity contribution in [2.24, 2.45) is 11.7 Å². The molecule has 0 unspecified atom stereocenters. The van der Waals surface area contributed by atoms with Gasteiger partial charge < -0.3 is 5.73 Å². The van der Waals surface area contributed by atoms with Crippen LogP contribution in [-0.4, -0.2) is 24.5 Å². The van der Waals surface area contributed by atoms with Crippen LogP contribution in [0.15, 0.2) is 18.2 Å². The zero-order valence-electron chi connectivity index (χ0n) is 9.83. The molecule has 4 heteroatoms. The van der Waals surface area contributed by atoms with Gasteiger partial charge in [-0.2, -0.15) is 0 Å². The van der Waals surface area contributed by atoms with E-state index in [1.807, 2.05) is 6.07 Å². The fourth-order valence-corrected chi connectivity index (χ4v) is 2.48. The van der Waals surface area contributed by atoms with Crippen LogP contribution in [0.1, 0.15) is 18.4 Å². The fraction of sp³-hybridized carbons (Fsp3) is 0.538. The highest BCUT2D eigenvalue weighted by Gasteiger charge is 2.19. The SMILES string of the molecule is NCC1CCN(Cc2cccc(F)c2Cl)CC1. The van der Waals surface area contributed by atoms with Crippen LogP contribution in [0.4, 0.5) is 4.39 Å². The van der Waals surface area contributed by atoms with Crippen LogP contribution in [0.5, 0.6) is 0 Å². The molecule has 1 aromatic rings. The first-order valence-corrected chi connectivity index (χ1v) is 6.44. The lowest BCUT2D eigenvalue weighted by Gasteiger charge is -2.31. The van der Waals surface area contributed by atoms with E-state index < -0.39 is 0 Å². The summed E-state index contributed by atoms with van der Waals surface area (Å²) in [6.45, 7) is 3.55. The second kappa shape index (κ2) is 5.80. The highest BCUT2D eigenvalue weighted by Crippen LogP contribution is 2.23. The Morgan fingerprint density at radius 2 is 2.06 bits per heavy atom. The van der Waals surface area contributed by atoms with Crippen molar-refractivity contribution >= 4 is 11.6 Å². The van der Waals surface area contributed by atoms with Gasteiger partial charge in [0, 0.05) is 6.54 Å². The minimum atomic E-state index is -0.332. The van der Waals surface area contributed by atoms with E-state index in [-0.39, 0.29) is 10.8 Å². The van der Waals surface area contributed by atoms with E-state index in [0.717, 1.165) is 44.6 Å². The maximum atomic E-state index is 13.3. The van der Waals surface area contributed by atoms with E-state index in [2.05, 4.69) is 4.90 Å². The van der Waals surface area contributed by atoms with Gasteiger partial charge in [-0.15, -0.1) is 0 Å². The number of hydrogen-bond donors (Lipinski definition) is 1. The van der Waals surface area contributed by atoms with Crippen LogP contribution in [0, 0.1) is 11.7 Å². The summed E-state index contributed by atoms with van der Waals surface area (Å²) in [4.78, 5) is 2.31. The monoisotopic (exact) mass is 256 g/mol. The zero-order chi connectivity index (χ0) is 12.3. The number of likely N-dealkylation sites (tertiary alicyclic amines) is 1. The Morgan fingerprint density at radius 3 is 2.71 bits per heavy atom. The predicted molar refractivity (Wildman–Crippen MR) is 68.5 cm³/mol. The second-order valence-electron chi connectivity index (χ2n) is 4.67. The van der Waals surface area contributed by atoms with Crippen molar-refractivity contribution in [2.75, 3.05) is 19.6 Å². The first-order chi connectivity index (χ1) is 8.20. The van der Waals surface area contributed by atoms with Gasteiger partial charge in [0.1, 0.15) is 5.82 Å². The van der Waals surface area contributed by atoms with Crippen molar-refractivity contribution in [3.8, 4) is 0 Å². The lowest BCUT2D eigenvalue weighted by Crippen LogP contribution is -2.35. The van der Waals surface area contributed by atoms with E-state index in [4.69, 9.17) is 17.3 Å². The summed E-state index contributed by atoms with van der Waals surface area (Å²) in [5.41, 5.74) is 6.53. The third kappa shape index (κ3) is 3.18. The summed E-state index contributed by atoms with van der Waals surface area (Å²) in [5.74, 6) is 0.315. The molecule has 1 saturated heterocycles. The van der Waals surface area contributed by atoms with E-state index in [9.17, 15) is 4.39 Å². The Kier molecular flexibility index (Phi) is 4.37. The Labute approximate surface area is 107 Å². The smallest absolute Gasteiger partial charge is 0.142 e. The summed E-state index contributed by atoms with van der Waals surface area (Å²) in [5, 5.41) is 0.258. The number of piperidine rings is 1. The summed E-state index contributed by atoms with van der Waals surface area (Å²) in [6, 6.07) is 5.00. The number of halogens is 2. The van der Waals surface area contributed by atoms with Gasteiger partial charge >= 0.3 is 0 Å². The van der Waals surface area contributed by atoms with Crippen molar-refractivity contribution in [3.63, 3.8) is 0 Å². The van der Waals surface area contributed by atoms with Crippen LogP contribution >= 0.6 is 11.6 Å². The fourth-order valence-electron chi connectivity index (χ4n) is 2.29. The minimum Gasteiger partial charge on any atom is -0.330 e. The first-order valence-electron chi connectivity index (χ1n) is 6.06. The molecule has 17 heavy (non-hydrogen) atoms. The van der Waals surface area contributed by atoms with Gasteiger partial charge in [0.05, 0.1) is 5.02 Å². The Morgan fingerprint density at radius 1 is 1.35 bits per heavy atom. The average molecular weight is 257 g/mol. The molecule has 1 aromatic carbocycles. The molecule has 0 bridgehead atoms. The van der Waals surface area contributed by atoms with Crippen molar-refractivity contribution < 1.29 is 4.39 Å². The normalized spacial score (nSPS) is 18.5. The van der Waals surface area contributed by atoms with Crippen LogP contribution in [0.25, 0.3) is 0 Å². The molecule has 0 aliphatic carbocycles. The van der Waals surface area contributed by atoms with E-state index >= 15 is 0 Å². The molecule has 1 fully saturated rings. The summed E-state index contributed by atoms with van der Waals surface area (Å²) in [7, 11) is 0. The van der Waals surface area contributed by atoms with Gasteiger partial charge in [0.25, 0.3) is 0 Å². The van der Waals surface area contributed by atoms with Gasteiger partial charge in [-0.3, -0.25) is 4.90 Å². The number of rotatable bonds is 3. The van der Waals surface area contributed by atoms with E-state index in [1.165, 1.54) is 6.07 Å². The number of nitrogens with two attached hydrogens (primary N) is 1. The van der Waals surface area contributed by atoms with Gasteiger partial charge in [-0.05, 0) is 50.0 Å². The summed E-state index contributed by atoms with van der Waals surface area (Å²) < 4.78 is 13.3. The third-order valence-electron chi connectivity index (χ3n) is 3.47. The van der Waals surface area contributed by atoms with Crippen LogP contribution in [-0.2, 0) is 6.54 Å². The van der Waals surface area contributed by atoms with Crippen molar-refractivity contribution in [1.29, 1.82) is 0 Å². The van der Waals surface area contributed by atoms with E-state index in [0.29, 0.717) is 5.92 Å².